The predicted octanol–water partition coefficient (Wildman–Crippen LogP) is 0.483. The summed E-state index contributed by atoms with van der Waals surface area (Å²) in [7, 11) is 0. The molecule has 1 aromatic heterocycles. The monoisotopic (exact) mass is 225 g/mol. The molecule has 0 aliphatic carbocycles. The van der Waals surface area contributed by atoms with Crippen molar-refractivity contribution >= 4 is 5.97 Å². The number of hydrogen-bond acceptors (Lipinski definition) is 3. The third kappa shape index (κ3) is 2.70. The summed E-state index contributed by atoms with van der Waals surface area (Å²) in [5, 5.41) is 17.7. The molecule has 1 heterocycles. The Morgan fingerprint density at radius 2 is 2.19 bits per heavy atom. The lowest BCUT2D eigenvalue weighted by Crippen LogP contribution is -2.21. The van der Waals surface area contributed by atoms with Gasteiger partial charge in [0.05, 0.1) is 0 Å². The van der Waals surface area contributed by atoms with E-state index in [0.717, 1.165) is 0 Å². The highest BCUT2D eigenvalue weighted by atomic mass is 16.4. The lowest BCUT2D eigenvalue weighted by atomic mass is 10.1. The van der Waals surface area contributed by atoms with Gasteiger partial charge in [0, 0.05) is 31.1 Å². The van der Waals surface area contributed by atoms with Crippen LogP contribution < -0.4 is 5.43 Å². The highest BCUT2D eigenvalue weighted by Gasteiger charge is 2.11. The first-order valence-electron chi connectivity index (χ1n) is 5.01. The predicted molar refractivity (Wildman–Crippen MR) is 58.6 cm³/mol. The molecule has 1 aromatic rings. The van der Waals surface area contributed by atoms with Gasteiger partial charge >= 0.3 is 5.97 Å². The van der Waals surface area contributed by atoms with E-state index in [-0.39, 0.29) is 18.1 Å². The van der Waals surface area contributed by atoms with Gasteiger partial charge in [-0.15, -0.1) is 0 Å². The normalized spacial score (nSPS) is 12.4. The van der Waals surface area contributed by atoms with Crippen molar-refractivity contribution in [2.75, 3.05) is 6.61 Å². The Morgan fingerprint density at radius 1 is 1.56 bits per heavy atom. The number of carbonyl (C=O) groups is 1. The number of rotatable bonds is 4. The van der Waals surface area contributed by atoms with Crippen LogP contribution in [0.3, 0.4) is 0 Å². The number of nitrogens with zero attached hydrogens (tertiary/aromatic N) is 1. The van der Waals surface area contributed by atoms with Crippen molar-refractivity contribution in [1.82, 2.24) is 4.57 Å². The standard InChI is InChI=1S/C11H15NO4/c1-7(6-13)4-12-5-9(11(15)16)10(14)3-8(12)2/h3,5,7,13H,4,6H2,1-2H3,(H,15,16). The van der Waals surface area contributed by atoms with Crippen molar-refractivity contribution in [2.24, 2.45) is 5.92 Å². The molecule has 0 saturated heterocycles. The van der Waals surface area contributed by atoms with Crippen LogP contribution in [-0.2, 0) is 6.54 Å². The van der Waals surface area contributed by atoms with E-state index in [4.69, 9.17) is 10.2 Å². The topological polar surface area (TPSA) is 79.5 Å². The third-order valence-electron chi connectivity index (χ3n) is 2.39. The average molecular weight is 225 g/mol. The summed E-state index contributed by atoms with van der Waals surface area (Å²) in [5.74, 6) is -1.21. The van der Waals surface area contributed by atoms with Gasteiger partial charge in [-0.3, -0.25) is 4.79 Å². The highest BCUT2D eigenvalue weighted by Crippen LogP contribution is 2.04. The van der Waals surface area contributed by atoms with Crippen molar-refractivity contribution in [3.63, 3.8) is 0 Å². The molecule has 0 fully saturated rings. The number of aromatic nitrogens is 1. The molecule has 0 bridgehead atoms. The molecule has 0 amide bonds. The number of aliphatic hydroxyl groups is 1. The third-order valence-corrected chi connectivity index (χ3v) is 2.39. The maximum atomic E-state index is 11.3. The fraction of sp³-hybridized carbons (Fsp3) is 0.455. The van der Waals surface area contributed by atoms with E-state index in [2.05, 4.69) is 0 Å². The minimum atomic E-state index is -1.23. The first-order valence-corrected chi connectivity index (χ1v) is 5.01. The van der Waals surface area contributed by atoms with E-state index in [1.54, 1.807) is 11.5 Å². The summed E-state index contributed by atoms with van der Waals surface area (Å²) >= 11 is 0. The largest absolute Gasteiger partial charge is 0.477 e. The Bertz CT molecular complexity index is 450. The molecule has 5 nitrogen and oxygen atoms in total. The molecule has 88 valence electrons. The van der Waals surface area contributed by atoms with Gasteiger partial charge < -0.3 is 14.8 Å². The maximum Gasteiger partial charge on any atom is 0.341 e. The number of carboxylic acids is 1. The average Bonchev–Trinajstić information content (AvgIpc) is 2.21. The molecule has 5 heteroatoms. The van der Waals surface area contributed by atoms with Crippen molar-refractivity contribution in [2.45, 2.75) is 20.4 Å². The van der Waals surface area contributed by atoms with Gasteiger partial charge in [-0.2, -0.15) is 0 Å². The van der Waals surface area contributed by atoms with Crippen LogP contribution in [0, 0.1) is 12.8 Å². The van der Waals surface area contributed by atoms with Crippen LogP contribution in [0.4, 0.5) is 0 Å². The molecule has 0 aromatic carbocycles. The zero-order valence-corrected chi connectivity index (χ0v) is 9.30. The van der Waals surface area contributed by atoms with Crippen molar-refractivity contribution in [1.29, 1.82) is 0 Å². The van der Waals surface area contributed by atoms with E-state index < -0.39 is 11.4 Å². The lowest BCUT2D eigenvalue weighted by molar-refractivity contribution is 0.0694. The number of aromatic carboxylic acids is 1. The molecule has 1 rings (SSSR count). The van der Waals surface area contributed by atoms with E-state index in [1.807, 2.05) is 6.92 Å². The number of aliphatic hydroxyl groups excluding tert-OH is 1. The fourth-order valence-corrected chi connectivity index (χ4v) is 1.42. The Morgan fingerprint density at radius 3 is 2.69 bits per heavy atom. The van der Waals surface area contributed by atoms with Gasteiger partial charge in [-0.1, -0.05) is 6.92 Å². The van der Waals surface area contributed by atoms with Gasteiger partial charge in [0.15, 0.2) is 5.43 Å². The van der Waals surface area contributed by atoms with E-state index in [1.165, 1.54) is 12.3 Å². The maximum absolute atomic E-state index is 11.3. The first kappa shape index (κ1) is 12.4. The molecule has 16 heavy (non-hydrogen) atoms. The molecule has 0 radical (unpaired) electrons. The van der Waals surface area contributed by atoms with Crippen LogP contribution >= 0.6 is 0 Å². The van der Waals surface area contributed by atoms with Gasteiger partial charge in [0.2, 0.25) is 0 Å². The number of aryl methyl sites for hydroxylation is 1. The summed E-state index contributed by atoms with van der Waals surface area (Å²) in [6.45, 7) is 4.09. The van der Waals surface area contributed by atoms with Crippen LogP contribution in [-0.4, -0.2) is 27.4 Å². The molecule has 0 saturated carbocycles. The van der Waals surface area contributed by atoms with Crippen molar-refractivity contribution in [3.05, 3.63) is 33.7 Å². The summed E-state index contributed by atoms with van der Waals surface area (Å²) < 4.78 is 1.67. The Kier molecular flexibility index (Phi) is 3.84. The molecule has 1 unspecified atom stereocenters. The van der Waals surface area contributed by atoms with E-state index in [0.29, 0.717) is 12.2 Å². The van der Waals surface area contributed by atoms with Crippen LogP contribution in [0.25, 0.3) is 0 Å². The quantitative estimate of drug-likeness (QED) is 0.781. The molecule has 0 aliphatic rings. The van der Waals surface area contributed by atoms with Crippen molar-refractivity contribution < 1.29 is 15.0 Å². The summed E-state index contributed by atoms with van der Waals surface area (Å²) in [4.78, 5) is 22.1. The summed E-state index contributed by atoms with van der Waals surface area (Å²) in [5.41, 5.74) is -0.0380. The SMILES string of the molecule is Cc1cc(=O)c(C(=O)O)cn1CC(C)CO. The number of hydrogen-bond donors (Lipinski definition) is 2. The van der Waals surface area contributed by atoms with Gasteiger partial charge in [-0.05, 0) is 12.8 Å². The highest BCUT2D eigenvalue weighted by molar-refractivity contribution is 5.87. The second-order valence-electron chi connectivity index (χ2n) is 3.94. The van der Waals surface area contributed by atoms with Gasteiger partial charge in [-0.25, -0.2) is 4.79 Å². The summed E-state index contributed by atoms with van der Waals surface area (Å²) in [6, 6.07) is 1.30. The van der Waals surface area contributed by atoms with Crippen LogP contribution in [0.1, 0.15) is 23.0 Å². The molecule has 0 aliphatic heterocycles. The van der Waals surface area contributed by atoms with Crippen molar-refractivity contribution in [3.8, 4) is 0 Å². The van der Waals surface area contributed by atoms with E-state index >= 15 is 0 Å². The van der Waals surface area contributed by atoms with E-state index in [9.17, 15) is 9.59 Å². The van der Waals surface area contributed by atoms with Crippen LogP contribution in [0.15, 0.2) is 17.1 Å². The second-order valence-corrected chi connectivity index (χ2v) is 3.94. The molecule has 2 N–H and O–H groups in total. The molecule has 1 atom stereocenters. The Balaban J connectivity index is 3.15. The molecular formula is C11H15NO4. The number of pyridine rings is 1. The van der Waals surface area contributed by atoms with Crippen LogP contribution in [0.5, 0.6) is 0 Å². The van der Waals surface area contributed by atoms with Gasteiger partial charge in [0.1, 0.15) is 5.56 Å². The number of carboxylic acid groups (broad SMARTS) is 1. The fourth-order valence-electron chi connectivity index (χ4n) is 1.42. The molecule has 0 spiro atoms. The summed E-state index contributed by atoms with van der Waals surface area (Å²) in [6.07, 6.45) is 1.33. The Labute approximate surface area is 93.0 Å². The van der Waals surface area contributed by atoms with Gasteiger partial charge in [0.25, 0.3) is 0 Å². The van der Waals surface area contributed by atoms with Crippen LogP contribution in [0.2, 0.25) is 0 Å². The zero-order chi connectivity index (χ0) is 12.3. The Hall–Kier alpha value is -1.62. The smallest absolute Gasteiger partial charge is 0.341 e. The molecular weight excluding hydrogens is 210 g/mol. The zero-order valence-electron chi connectivity index (χ0n) is 9.30. The minimum absolute atomic E-state index is 0.0165. The lowest BCUT2D eigenvalue weighted by Gasteiger charge is -2.14. The second kappa shape index (κ2) is 4.94. The first-order chi connectivity index (χ1) is 7.45. The minimum Gasteiger partial charge on any atom is -0.477 e.